The van der Waals surface area contributed by atoms with Gasteiger partial charge in [0.2, 0.25) is 5.91 Å². The van der Waals surface area contributed by atoms with Gasteiger partial charge in [-0.1, -0.05) is 6.07 Å². The van der Waals surface area contributed by atoms with Crippen LogP contribution in [0.1, 0.15) is 18.1 Å². The second kappa shape index (κ2) is 5.23. The molecule has 1 N–H and O–H groups in total. The Labute approximate surface area is 121 Å². The summed E-state index contributed by atoms with van der Waals surface area (Å²) < 4.78 is 6.30. The summed E-state index contributed by atoms with van der Waals surface area (Å²) in [6.07, 6.45) is 1.01. The highest BCUT2D eigenvalue weighted by atomic mass is 79.9. The fourth-order valence-electron chi connectivity index (χ4n) is 2.66. The highest BCUT2D eigenvalue weighted by Crippen LogP contribution is 2.33. The first kappa shape index (κ1) is 13.1. The molecule has 0 spiro atoms. The second-order valence-electron chi connectivity index (χ2n) is 5.16. The van der Waals surface area contributed by atoms with Crippen LogP contribution in [0.15, 0.2) is 16.6 Å². The molecule has 102 valence electrons. The molecule has 4 nitrogen and oxygen atoms in total. The third-order valence-corrected chi connectivity index (χ3v) is 4.72. The van der Waals surface area contributed by atoms with Crippen molar-refractivity contribution < 1.29 is 9.53 Å². The Morgan fingerprint density at radius 1 is 1.47 bits per heavy atom. The van der Waals surface area contributed by atoms with Crippen molar-refractivity contribution in [2.45, 2.75) is 25.9 Å². The van der Waals surface area contributed by atoms with Gasteiger partial charge in [0.15, 0.2) is 0 Å². The molecule has 1 fully saturated rings. The number of carbonyl (C=O) groups excluding carboxylic acids is 1. The fourth-order valence-corrected chi connectivity index (χ4v) is 3.35. The molecule has 1 amide bonds. The molecule has 0 bridgehead atoms. The van der Waals surface area contributed by atoms with Crippen molar-refractivity contribution in [3.63, 3.8) is 0 Å². The molecule has 5 heteroatoms. The van der Waals surface area contributed by atoms with E-state index >= 15 is 0 Å². The van der Waals surface area contributed by atoms with Crippen molar-refractivity contribution in [2.24, 2.45) is 0 Å². The lowest BCUT2D eigenvalue weighted by molar-refractivity contribution is -0.114. The lowest BCUT2D eigenvalue weighted by atomic mass is 9.97. The number of nitrogens with one attached hydrogen (secondary N) is 1. The molecule has 2 aliphatic heterocycles. The molecule has 0 aliphatic carbocycles. The van der Waals surface area contributed by atoms with Crippen LogP contribution in [0.2, 0.25) is 0 Å². The van der Waals surface area contributed by atoms with E-state index in [1.54, 1.807) is 0 Å². The van der Waals surface area contributed by atoms with Crippen LogP contribution in [0.5, 0.6) is 0 Å². The second-order valence-corrected chi connectivity index (χ2v) is 5.95. The Balaban J connectivity index is 1.82. The van der Waals surface area contributed by atoms with E-state index in [-0.39, 0.29) is 5.91 Å². The molecule has 1 aromatic carbocycles. The molecule has 1 saturated heterocycles. The van der Waals surface area contributed by atoms with Crippen LogP contribution in [-0.4, -0.2) is 36.6 Å². The summed E-state index contributed by atoms with van der Waals surface area (Å²) in [5.74, 6) is -0.0373. The number of fused-ring (bicyclic) bond motifs is 1. The molecular weight excluding hydrogens is 308 g/mol. The van der Waals surface area contributed by atoms with Crippen LogP contribution in [0.3, 0.4) is 0 Å². The molecule has 3 rings (SSSR count). The molecule has 0 saturated carbocycles. The number of halogens is 1. The molecule has 2 aliphatic rings. The summed E-state index contributed by atoms with van der Waals surface area (Å²) in [6, 6.07) is 4.68. The summed E-state index contributed by atoms with van der Waals surface area (Å²) in [7, 11) is 0. The van der Waals surface area contributed by atoms with E-state index in [1.165, 1.54) is 18.1 Å². The van der Waals surface area contributed by atoms with E-state index < -0.39 is 0 Å². The van der Waals surface area contributed by atoms with Crippen LogP contribution in [0, 0.1) is 0 Å². The number of rotatable bonds is 2. The Hall–Kier alpha value is -0.910. The monoisotopic (exact) mass is 324 g/mol. The molecule has 0 atom stereocenters. The van der Waals surface area contributed by atoms with Crippen molar-refractivity contribution in [3.05, 3.63) is 27.7 Å². The maximum absolute atomic E-state index is 11.2. The number of carbonyl (C=O) groups is 1. The minimum atomic E-state index is -0.0373. The van der Waals surface area contributed by atoms with Gasteiger partial charge in [-0.2, -0.15) is 0 Å². The highest BCUT2D eigenvalue weighted by molar-refractivity contribution is 9.10. The molecular formula is C14H17BrN2O2. The van der Waals surface area contributed by atoms with Crippen LogP contribution >= 0.6 is 15.9 Å². The van der Waals surface area contributed by atoms with E-state index in [0.717, 1.165) is 42.9 Å². The zero-order valence-electron chi connectivity index (χ0n) is 10.9. The van der Waals surface area contributed by atoms with Crippen molar-refractivity contribution in [1.29, 1.82) is 0 Å². The van der Waals surface area contributed by atoms with Gasteiger partial charge in [-0.05, 0) is 39.5 Å². The lowest BCUT2D eigenvalue weighted by Crippen LogP contribution is -2.50. The van der Waals surface area contributed by atoms with Gasteiger partial charge >= 0.3 is 0 Å². The largest absolute Gasteiger partial charge is 0.378 e. The van der Waals surface area contributed by atoms with Gasteiger partial charge in [0.25, 0.3) is 0 Å². The first-order valence-corrected chi connectivity index (χ1v) is 7.34. The van der Waals surface area contributed by atoms with Crippen molar-refractivity contribution >= 4 is 27.5 Å². The van der Waals surface area contributed by atoms with Gasteiger partial charge in [-0.25, -0.2) is 0 Å². The number of hydrogen-bond acceptors (Lipinski definition) is 3. The lowest BCUT2D eigenvalue weighted by Gasteiger charge is -2.40. The summed E-state index contributed by atoms with van der Waals surface area (Å²) in [5, 5.41) is 2.86. The minimum absolute atomic E-state index is 0.0373. The predicted octanol–water partition coefficient (Wildman–Crippen LogP) is 2.16. The minimum Gasteiger partial charge on any atom is -0.378 e. The van der Waals surface area contributed by atoms with Gasteiger partial charge in [-0.15, -0.1) is 0 Å². The van der Waals surface area contributed by atoms with Crippen molar-refractivity contribution in [1.82, 2.24) is 4.90 Å². The number of anilines is 1. The third kappa shape index (κ3) is 2.55. The summed E-state index contributed by atoms with van der Waals surface area (Å²) in [5.41, 5.74) is 3.54. The fraction of sp³-hybridized carbons (Fsp3) is 0.500. The number of nitrogens with zero attached hydrogens (tertiary/aromatic N) is 1. The normalized spacial score (nSPS) is 19.7. The zero-order valence-corrected chi connectivity index (χ0v) is 12.5. The molecule has 19 heavy (non-hydrogen) atoms. The summed E-state index contributed by atoms with van der Waals surface area (Å²) >= 11 is 3.63. The number of amides is 1. The number of benzene rings is 1. The molecule has 0 aromatic heterocycles. The maximum atomic E-state index is 11.2. The Kier molecular flexibility index (Phi) is 3.60. The first-order valence-electron chi connectivity index (χ1n) is 6.55. The van der Waals surface area contributed by atoms with E-state index in [4.69, 9.17) is 4.74 Å². The number of hydrogen-bond donors (Lipinski definition) is 1. The first-order chi connectivity index (χ1) is 9.15. The van der Waals surface area contributed by atoms with Crippen LogP contribution in [0.4, 0.5) is 5.69 Å². The van der Waals surface area contributed by atoms with Gasteiger partial charge in [0, 0.05) is 24.5 Å². The smallest absolute Gasteiger partial charge is 0.221 e. The van der Waals surface area contributed by atoms with E-state index in [2.05, 4.69) is 32.2 Å². The quantitative estimate of drug-likeness (QED) is 0.906. The Morgan fingerprint density at radius 3 is 2.89 bits per heavy atom. The average Bonchev–Trinajstić information content (AvgIpc) is 2.30. The Morgan fingerprint density at radius 2 is 2.26 bits per heavy atom. The average molecular weight is 325 g/mol. The van der Waals surface area contributed by atoms with Gasteiger partial charge < -0.3 is 10.1 Å². The molecule has 1 aromatic rings. The van der Waals surface area contributed by atoms with Crippen LogP contribution in [0.25, 0.3) is 0 Å². The molecule has 0 unspecified atom stereocenters. The van der Waals surface area contributed by atoms with Crippen molar-refractivity contribution in [2.75, 3.05) is 25.1 Å². The topological polar surface area (TPSA) is 41.6 Å². The van der Waals surface area contributed by atoms with E-state index in [1.807, 2.05) is 6.07 Å². The van der Waals surface area contributed by atoms with Gasteiger partial charge in [0.1, 0.15) is 0 Å². The van der Waals surface area contributed by atoms with Gasteiger partial charge in [-0.3, -0.25) is 9.69 Å². The predicted molar refractivity (Wildman–Crippen MR) is 77.2 cm³/mol. The van der Waals surface area contributed by atoms with Crippen LogP contribution in [-0.2, 0) is 22.5 Å². The van der Waals surface area contributed by atoms with Crippen LogP contribution < -0.4 is 5.32 Å². The summed E-state index contributed by atoms with van der Waals surface area (Å²) in [4.78, 5) is 13.6. The standard InChI is InChI=1S/C14H17BrN2O2/c1-9(18)16-13-3-2-10-6-17(11-7-19-8-11)5-4-12(10)14(13)15/h2-3,11H,4-8H2,1H3,(H,16,18). The van der Waals surface area contributed by atoms with Crippen molar-refractivity contribution in [3.8, 4) is 0 Å². The maximum Gasteiger partial charge on any atom is 0.221 e. The number of ether oxygens (including phenoxy) is 1. The molecule has 0 radical (unpaired) electrons. The van der Waals surface area contributed by atoms with E-state index in [0.29, 0.717) is 6.04 Å². The summed E-state index contributed by atoms with van der Waals surface area (Å²) in [6.45, 7) is 5.29. The Bertz CT molecular complexity index is 514. The van der Waals surface area contributed by atoms with Gasteiger partial charge in [0.05, 0.1) is 24.9 Å². The van der Waals surface area contributed by atoms with E-state index in [9.17, 15) is 4.79 Å². The zero-order chi connectivity index (χ0) is 13.4. The SMILES string of the molecule is CC(=O)Nc1ccc2c(c1Br)CCN(C1COC1)C2. The highest BCUT2D eigenvalue weighted by Gasteiger charge is 2.29. The molecule has 2 heterocycles. The third-order valence-electron chi connectivity index (χ3n) is 3.81.